The molecular weight excluding hydrogens is 254 g/mol. The summed E-state index contributed by atoms with van der Waals surface area (Å²) in [6, 6.07) is 6.16. The van der Waals surface area contributed by atoms with Crippen LogP contribution < -0.4 is 14.8 Å². The maximum absolute atomic E-state index is 8.70. The van der Waals surface area contributed by atoms with Gasteiger partial charge < -0.3 is 19.9 Å². The van der Waals surface area contributed by atoms with Crippen molar-refractivity contribution in [3.63, 3.8) is 0 Å². The van der Waals surface area contributed by atoms with Gasteiger partial charge in [0.15, 0.2) is 11.5 Å². The molecule has 0 atom stereocenters. The average molecular weight is 279 g/mol. The van der Waals surface area contributed by atoms with Crippen LogP contribution in [0, 0.1) is 0 Å². The van der Waals surface area contributed by atoms with Crippen LogP contribution in [-0.4, -0.2) is 31.5 Å². The van der Waals surface area contributed by atoms with Crippen molar-refractivity contribution in [3.05, 3.63) is 23.8 Å². The third kappa shape index (κ3) is 5.02. The van der Waals surface area contributed by atoms with Gasteiger partial charge >= 0.3 is 0 Å². The van der Waals surface area contributed by atoms with Crippen molar-refractivity contribution in [1.82, 2.24) is 5.32 Å². The van der Waals surface area contributed by atoms with Crippen LogP contribution in [0.25, 0.3) is 0 Å². The van der Waals surface area contributed by atoms with E-state index in [0.29, 0.717) is 6.61 Å². The van der Waals surface area contributed by atoms with Crippen molar-refractivity contribution >= 4 is 0 Å². The van der Waals surface area contributed by atoms with Crippen LogP contribution in [-0.2, 0) is 6.54 Å². The molecule has 4 nitrogen and oxygen atoms in total. The van der Waals surface area contributed by atoms with Crippen molar-refractivity contribution in [2.75, 3.05) is 26.4 Å². The maximum Gasteiger partial charge on any atom is 0.161 e. The Labute approximate surface area is 121 Å². The Balaban J connectivity index is 1.69. The number of benzene rings is 1. The molecule has 0 aliphatic carbocycles. The Morgan fingerprint density at radius 3 is 2.65 bits per heavy atom. The number of hydrogen-bond acceptors (Lipinski definition) is 4. The number of hydrogen-bond donors (Lipinski definition) is 2. The van der Waals surface area contributed by atoms with E-state index in [-0.39, 0.29) is 0 Å². The standard InChI is InChI=1S/C16H25NO3/c18-9-4-2-1-3-8-17-13-14-6-7-15-16(12-14)20-11-5-10-19-15/h6-7,12,17-18H,1-5,8-11,13H2. The molecule has 0 radical (unpaired) electrons. The lowest BCUT2D eigenvalue weighted by atomic mass is 10.2. The summed E-state index contributed by atoms with van der Waals surface area (Å²) in [5.41, 5.74) is 1.23. The first-order valence-electron chi connectivity index (χ1n) is 7.60. The van der Waals surface area contributed by atoms with E-state index in [2.05, 4.69) is 17.4 Å². The summed E-state index contributed by atoms with van der Waals surface area (Å²) < 4.78 is 11.3. The van der Waals surface area contributed by atoms with Crippen LogP contribution in [0.2, 0.25) is 0 Å². The Hall–Kier alpha value is -1.26. The molecule has 1 aliphatic rings. The van der Waals surface area contributed by atoms with E-state index in [4.69, 9.17) is 14.6 Å². The van der Waals surface area contributed by atoms with E-state index >= 15 is 0 Å². The average Bonchev–Trinajstić information content (AvgIpc) is 2.71. The topological polar surface area (TPSA) is 50.7 Å². The van der Waals surface area contributed by atoms with Crippen LogP contribution >= 0.6 is 0 Å². The third-order valence-electron chi connectivity index (χ3n) is 3.40. The fourth-order valence-electron chi connectivity index (χ4n) is 2.27. The quantitative estimate of drug-likeness (QED) is 0.718. The van der Waals surface area contributed by atoms with Crippen molar-refractivity contribution in [2.24, 2.45) is 0 Å². The van der Waals surface area contributed by atoms with Crippen LogP contribution in [0.1, 0.15) is 37.7 Å². The number of ether oxygens (including phenoxy) is 2. The van der Waals surface area contributed by atoms with Gasteiger partial charge in [-0.05, 0) is 37.1 Å². The van der Waals surface area contributed by atoms with Crippen LogP contribution in [0.4, 0.5) is 0 Å². The smallest absolute Gasteiger partial charge is 0.161 e. The fourth-order valence-corrected chi connectivity index (χ4v) is 2.27. The Morgan fingerprint density at radius 1 is 1.00 bits per heavy atom. The molecule has 1 aromatic rings. The summed E-state index contributed by atoms with van der Waals surface area (Å²) in [7, 11) is 0. The van der Waals surface area contributed by atoms with Crippen molar-refractivity contribution in [1.29, 1.82) is 0 Å². The van der Waals surface area contributed by atoms with Crippen LogP contribution in [0.3, 0.4) is 0 Å². The molecule has 0 amide bonds. The van der Waals surface area contributed by atoms with Gasteiger partial charge in [0.2, 0.25) is 0 Å². The van der Waals surface area contributed by atoms with E-state index in [1.807, 2.05) is 6.07 Å². The molecule has 2 rings (SSSR count). The zero-order valence-electron chi connectivity index (χ0n) is 12.1. The van der Waals surface area contributed by atoms with Crippen molar-refractivity contribution in [3.8, 4) is 11.5 Å². The summed E-state index contributed by atoms with van der Waals surface area (Å²) in [5.74, 6) is 1.72. The van der Waals surface area contributed by atoms with Gasteiger partial charge in [-0.25, -0.2) is 0 Å². The van der Waals surface area contributed by atoms with Gasteiger partial charge in [0.1, 0.15) is 0 Å². The second-order valence-electron chi connectivity index (χ2n) is 5.15. The molecule has 0 unspecified atom stereocenters. The van der Waals surface area contributed by atoms with Crippen molar-refractivity contribution in [2.45, 2.75) is 38.6 Å². The molecule has 0 saturated heterocycles. The molecule has 0 bridgehead atoms. The van der Waals surface area contributed by atoms with Gasteiger partial charge in [0, 0.05) is 19.6 Å². The molecule has 2 N–H and O–H groups in total. The number of aliphatic hydroxyl groups is 1. The highest BCUT2D eigenvalue weighted by Gasteiger charge is 2.10. The molecule has 112 valence electrons. The predicted molar refractivity (Wildman–Crippen MR) is 79.3 cm³/mol. The third-order valence-corrected chi connectivity index (χ3v) is 3.40. The summed E-state index contributed by atoms with van der Waals surface area (Å²) in [6.07, 6.45) is 5.31. The van der Waals surface area contributed by atoms with E-state index < -0.39 is 0 Å². The Bertz CT molecular complexity index is 395. The first-order valence-corrected chi connectivity index (χ1v) is 7.60. The van der Waals surface area contributed by atoms with Crippen molar-refractivity contribution < 1.29 is 14.6 Å². The first kappa shape index (κ1) is 15.1. The minimum atomic E-state index is 0.310. The maximum atomic E-state index is 8.70. The summed E-state index contributed by atoms with van der Waals surface area (Å²) >= 11 is 0. The lowest BCUT2D eigenvalue weighted by Crippen LogP contribution is -2.14. The largest absolute Gasteiger partial charge is 0.490 e. The van der Waals surface area contributed by atoms with E-state index in [9.17, 15) is 0 Å². The van der Waals surface area contributed by atoms with Crippen LogP contribution in [0.5, 0.6) is 11.5 Å². The van der Waals surface area contributed by atoms with Gasteiger partial charge in [-0.2, -0.15) is 0 Å². The Morgan fingerprint density at radius 2 is 1.80 bits per heavy atom. The Kier molecular flexibility index (Phi) is 6.68. The summed E-state index contributed by atoms with van der Waals surface area (Å²) in [4.78, 5) is 0. The molecule has 0 fully saturated rings. The van der Waals surface area contributed by atoms with E-state index in [1.54, 1.807) is 0 Å². The SMILES string of the molecule is OCCCCCCNCc1ccc2c(c1)OCCCO2. The lowest BCUT2D eigenvalue weighted by Gasteiger charge is -2.10. The molecule has 1 aliphatic heterocycles. The molecule has 20 heavy (non-hydrogen) atoms. The first-order chi connectivity index (χ1) is 9.90. The normalized spacial score (nSPS) is 14.1. The number of aliphatic hydroxyl groups excluding tert-OH is 1. The van der Waals surface area contributed by atoms with Gasteiger partial charge in [0.05, 0.1) is 13.2 Å². The summed E-state index contributed by atoms with van der Waals surface area (Å²) in [5, 5.41) is 12.1. The molecule has 0 aromatic heterocycles. The second-order valence-corrected chi connectivity index (χ2v) is 5.15. The molecule has 0 spiro atoms. The minimum Gasteiger partial charge on any atom is -0.490 e. The highest BCUT2D eigenvalue weighted by molar-refractivity contribution is 5.43. The van der Waals surface area contributed by atoms with E-state index in [1.165, 1.54) is 12.0 Å². The molecule has 4 heteroatoms. The van der Waals surface area contributed by atoms with E-state index in [0.717, 1.165) is 63.5 Å². The minimum absolute atomic E-state index is 0.310. The van der Waals surface area contributed by atoms with Gasteiger partial charge in [-0.15, -0.1) is 0 Å². The number of nitrogens with one attached hydrogen (secondary N) is 1. The highest BCUT2D eigenvalue weighted by Crippen LogP contribution is 2.30. The zero-order chi connectivity index (χ0) is 14.0. The zero-order valence-corrected chi connectivity index (χ0v) is 12.1. The predicted octanol–water partition coefficient (Wildman–Crippen LogP) is 2.49. The monoisotopic (exact) mass is 279 g/mol. The molecule has 1 heterocycles. The number of unbranched alkanes of at least 4 members (excludes halogenated alkanes) is 3. The number of fused-ring (bicyclic) bond motifs is 1. The van der Waals surface area contributed by atoms with Gasteiger partial charge in [0.25, 0.3) is 0 Å². The lowest BCUT2D eigenvalue weighted by molar-refractivity contribution is 0.282. The molecule has 0 saturated carbocycles. The molecule has 1 aromatic carbocycles. The number of rotatable bonds is 8. The fraction of sp³-hybridized carbons (Fsp3) is 0.625. The van der Waals surface area contributed by atoms with Gasteiger partial charge in [-0.3, -0.25) is 0 Å². The van der Waals surface area contributed by atoms with Crippen LogP contribution in [0.15, 0.2) is 18.2 Å². The highest BCUT2D eigenvalue weighted by atomic mass is 16.5. The van der Waals surface area contributed by atoms with Gasteiger partial charge in [-0.1, -0.05) is 18.9 Å². The summed E-state index contributed by atoms with van der Waals surface area (Å²) in [6.45, 7) is 3.65. The second kappa shape index (κ2) is 8.82. The molecular formula is C16H25NO3.